The second kappa shape index (κ2) is 5.41. The number of nitro groups is 1. The second-order valence-corrected chi connectivity index (χ2v) is 4.42. The lowest BCUT2D eigenvalue weighted by atomic mass is 10.1. The van der Waals surface area contributed by atoms with Gasteiger partial charge in [-0.15, -0.1) is 0 Å². The van der Waals surface area contributed by atoms with Crippen LogP contribution >= 0.6 is 0 Å². The molecule has 0 saturated heterocycles. The molecule has 0 unspecified atom stereocenters. The number of aryl methyl sites for hydroxylation is 1. The van der Waals surface area contributed by atoms with E-state index in [1.165, 1.54) is 0 Å². The van der Waals surface area contributed by atoms with Gasteiger partial charge in [0.05, 0.1) is 16.6 Å². The summed E-state index contributed by atoms with van der Waals surface area (Å²) in [6, 6.07) is 14.2. The molecule has 5 heteroatoms. The quantitative estimate of drug-likeness (QED) is 0.630. The van der Waals surface area contributed by atoms with Crippen molar-refractivity contribution in [3.05, 3.63) is 63.7 Å². The van der Waals surface area contributed by atoms with Gasteiger partial charge in [-0.2, -0.15) is 5.26 Å². The molecule has 100 valence electrons. The zero-order chi connectivity index (χ0) is 14.7. The van der Waals surface area contributed by atoms with E-state index in [2.05, 4.69) is 6.07 Å². The third-order valence-electron chi connectivity index (χ3n) is 3.12. The van der Waals surface area contributed by atoms with Crippen LogP contribution in [0, 0.1) is 28.4 Å². The fourth-order valence-electron chi connectivity index (χ4n) is 2.07. The van der Waals surface area contributed by atoms with E-state index in [0.29, 0.717) is 16.8 Å². The molecule has 2 aromatic rings. The molecule has 0 N–H and O–H groups in total. The highest BCUT2D eigenvalue weighted by Crippen LogP contribution is 2.34. The van der Waals surface area contributed by atoms with Crippen molar-refractivity contribution in [2.45, 2.75) is 6.92 Å². The minimum Gasteiger partial charge on any atom is -0.339 e. The van der Waals surface area contributed by atoms with Gasteiger partial charge >= 0.3 is 0 Å². The molecule has 0 aliphatic rings. The molecule has 0 amide bonds. The van der Waals surface area contributed by atoms with Crippen LogP contribution in [0.2, 0.25) is 0 Å². The Labute approximate surface area is 116 Å². The topological polar surface area (TPSA) is 70.2 Å². The lowest BCUT2D eigenvalue weighted by Crippen LogP contribution is -2.12. The summed E-state index contributed by atoms with van der Waals surface area (Å²) in [5.74, 6) is 0. The Balaban J connectivity index is 2.54. The van der Waals surface area contributed by atoms with Gasteiger partial charge in [0, 0.05) is 18.3 Å². The average Bonchev–Trinajstić information content (AvgIpc) is 2.45. The third kappa shape index (κ3) is 2.45. The van der Waals surface area contributed by atoms with Gasteiger partial charge in [0.25, 0.3) is 5.69 Å². The maximum absolute atomic E-state index is 11.2. The number of hydrogen-bond acceptors (Lipinski definition) is 4. The van der Waals surface area contributed by atoms with Crippen molar-refractivity contribution < 1.29 is 4.92 Å². The number of nitriles is 1. The summed E-state index contributed by atoms with van der Waals surface area (Å²) in [6.07, 6.45) is 0. The Kier molecular flexibility index (Phi) is 3.67. The summed E-state index contributed by atoms with van der Waals surface area (Å²) in [5, 5.41) is 20.2. The molecule has 0 aromatic heterocycles. The van der Waals surface area contributed by atoms with Crippen LogP contribution in [0.4, 0.5) is 17.1 Å². The SMILES string of the molecule is Cc1cccc(N(C)c2cccc(C#N)c2)c1[N+](=O)[O-]. The highest BCUT2D eigenvalue weighted by Gasteiger charge is 2.20. The van der Waals surface area contributed by atoms with E-state index in [-0.39, 0.29) is 10.6 Å². The molecule has 5 nitrogen and oxygen atoms in total. The van der Waals surface area contributed by atoms with Gasteiger partial charge in [0.15, 0.2) is 0 Å². The number of para-hydroxylation sites is 1. The Hall–Kier alpha value is -2.87. The molecule has 0 heterocycles. The van der Waals surface area contributed by atoms with Crippen LogP contribution in [-0.2, 0) is 0 Å². The Morgan fingerprint density at radius 1 is 1.25 bits per heavy atom. The van der Waals surface area contributed by atoms with Crippen molar-refractivity contribution >= 4 is 17.1 Å². The molecular formula is C15H13N3O2. The van der Waals surface area contributed by atoms with Crippen LogP contribution in [0.5, 0.6) is 0 Å². The average molecular weight is 267 g/mol. The number of nitrogens with zero attached hydrogens (tertiary/aromatic N) is 3. The summed E-state index contributed by atoms with van der Waals surface area (Å²) >= 11 is 0. The minimum atomic E-state index is -0.380. The largest absolute Gasteiger partial charge is 0.339 e. The van der Waals surface area contributed by atoms with Gasteiger partial charge < -0.3 is 4.90 Å². The Bertz CT molecular complexity index is 705. The maximum atomic E-state index is 11.2. The van der Waals surface area contributed by atoms with E-state index >= 15 is 0 Å². The van der Waals surface area contributed by atoms with Crippen molar-refractivity contribution in [3.63, 3.8) is 0 Å². The summed E-state index contributed by atoms with van der Waals surface area (Å²) < 4.78 is 0. The van der Waals surface area contributed by atoms with Gasteiger partial charge in [0.2, 0.25) is 0 Å². The molecular weight excluding hydrogens is 254 g/mol. The zero-order valence-corrected chi connectivity index (χ0v) is 11.2. The van der Waals surface area contributed by atoms with E-state index in [0.717, 1.165) is 5.69 Å². The normalized spacial score (nSPS) is 9.85. The third-order valence-corrected chi connectivity index (χ3v) is 3.12. The van der Waals surface area contributed by atoms with Crippen LogP contribution < -0.4 is 4.90 Å². The van der Waals surface area contributed by atoms with Gasteiger partial charge in [-0.25, -0.2) is 0 Å². The first-order valence-corrected chi connectivity index (χ1v) is 6.02. The molecule has 0 bridgehead atoms. The van der Waals surface area contributed by atoms with Crippen LogP contribution in [-0.4, -0.2) is 12.0 Å². The molecule has 0 atom stereocenters. The molecule has 20 heavy (non-hydrogen) atoms. The predicted molar refractivity (Wildman–Crippen MR) is 77.1 cm³/mol. The first-order chi connectivity index (χ1) is 9.54. The minimum absolute atomic E-state index is 0.0809. The predicted octanol–water partition coefficient (Wildman–Crippen LogP) is 3.54. The smallest absolute Gasteiger partial charge is 0.295 e. The number of rotatable bonds is 3. The number of anilines is 2. The zero-order valence-electron chi connectivity index (χ0n) is 11.2. The van der Waals surface area contributed by atoms with Crippen molar-refractivity contribution in [3.8, 4) is 6.07 Å². The summed E-state index contributed by atoms with van der Waals surface area (Å²) in [5.41, 5.74) is 2.45. The summed E-state index contributed by atoms with van der Waals surface area (Å²) in [7, 11) is 1.75. The van der Waals surface area contributed by atoms with Crippen molar-refractivity contribution in [1.29, 1.82) is 5.26 Å². The van der Waals surface area contributed by atoms with E-state index in [1.807, 2.05) is 6.07 Å². The van der Waals surface area contributed by atoms with E-state index < -0.39 is 0 Å². The van der Waals surface area contributed by atoms with Gasteiger partial charge in [-0.1, -0.05) is 18.2 Å². The lowest BCUT2D eigenvalue weighted by molar-refractivity contribution is -0.384. The molecule has 0 saturated carbocycles. The van der Waals surface area contributed by atoms with Crippen LogP contribution in [0.15, 0.2) is 42.5 Å². The maximum Gasteiger partial charge on any atom is 0.295 e. The fourth-order valence-corrected chi connectivity index (χ4v) is 2.07. The second-order valence-electron chi connectivity index (χ2n) is 4.42. The number of benzene rings is 2. The van der Waals surface area contributed by atoms with Gasteiger partial charge in [-0.05, 0) is 31.2 Å². The van der Waals surface area contributed by atoms with Crippen LogP contribution in [0.1, 0.15) is 11.1 Å². The van der Waals surface area contributed by atoms with E-state index in [1.54, 1.807) is 55.3 Å². The number of hydrogen-bond donors (Lipinski definition) is 0. The standard InChI is InChI=1S/C15H13N3O2/c1-11-5-3-8-14(15(11)18(19)20)17(2)13-7-4-6-12(9-13)10-16/h3-9H,1-2H3. The first kappa shape index (κ1) is 13.6. The lowest BCUT2D eigenvalue weighted by Gasteiger charge is -2.20. The highest BCUT2D eigenvalue weighted by atomic mass is 16.6. The summed E-state index contributed by atoms with van der Waals surface area (Å²) in [6.45, 7) is 1.71. The van der Waals surface area contributed by atoms with E-state index in [4.69, 9.17) is 5.26 Å². The van der Waals surface area contributed by atoms with Crippen LogP contribution in [0.25, 0.3) is 0 Å². The van der Waals surface area contributed by atoms with Crippen molar-refractivity contribution in [1.82, 2.24) is 0 Å². The molecule has 0 spiro atoms. The first-order valence-electron chi connectivity index (χ1n) is 6.02. The Morgan fingerprint density at radius 3 is 2.60 bits per heavy atom. The monoisotopic (exact) mass is 267 g/mol. The molecule has 0 aliphatic heterocycles. The molecule has 2 rings (SSSR count). The van der Waals surface area contributed by atoms with Gasteiger partial charge in [0.1, 0.15) is 5.69 Å². The molecule has 0 fully saturated rings. The number of nitro benzene ring substituents is 1. The van der Waals surface area contributed by atoms with Crippen LogP contribution in [0.3, 0.4) is 0 Å². The van der Waals surface area contributed by atoms with Crippen molar-refractivity contribution in [2.75, 3.05) is 11.9 Å². The van der Waals surface area contributed by atoms with Gasteiger partial charge in [-0.3, -0.25) is 10.1 Å². The Morgan fingerprint density at radius 2 is 1.95 bits per heavy atom. The highest BCUT2D eigenvalue weighted by molar-refractivity contribution is 5.74. The van der Waals surface area contributed by atoms with E-state index in [9.17, 15) is 10.1 Å². The molecule has 2 aromatic carbocycles. The van der Waals surface area contributed by atoms with Crippen molar-refractivity contribution in [2.24, 2.45) is 0 Å². The fraction of sp³-hybridized carbons (Fsp3) is 0.133. The molecule has 0 aliphatic carbocycles. The summed E-state index contributed by atoms with van der Waals surface area (Å²) in [4.78, 5) is 12.6. The molecule has 0 radical (unpaired) electrons.